The maximum atomic E-state index is 5.06. The Morgan fingerprint density at radius 1 is 1.53 bits per heavy atom. The van der Waals surface area contributed by atoms with Crippen LogP contribution in [0.2, 0.25) is 0 Å². The second kappa shape index (κ2) is 7.89. The number of hydrogen-bond donors (Lipinski definition) is 1. The number of rotatable bonds is 9. The second-order valence-electron chi connectivity index (χ2n) is 4.29. The van der Waals surface area contributed by atoms with Crippen LogP contribution < -0.4 is 5.32 Å². The Balaban J connectivity index is 2.03. The molecule has 0 spiro atoms. The molecule has 4 nitrogen and oxygen atoms in total. The summed E-state index contributed by atoms with van der Waals surface area (Å²) in [5, 5.41) is 6.66. The molecule has 2 heterocycles. The van der Waals surface area contributed by atoms with E-state index in [0.29, 0.717) is 0 Å². The predicted molar refractivity (Wildman–Crippen MR) is 82.3 cm³/mol. The molecule has 2 aromatic heterocycles. The van der Waals surface area contributed by atoms with Crippen molar-refractivity contribution in [3.63, 3.8) is 0 Å². The lowest BCUT2D eigenvalue weighted by Crippen LogP contribution is -2.19. The first-order chi connectivity index (χ1) is 9.36. The Hall–Kier alpha value is -0.560. The molecule has 0 fully saturated rings. The average molecular weight is 299 g/mol. The van der Waals surface area contributed by atoms with E-state index < -0.39 is 0 Å². The number of nitrogens with one attached hydrogen (secondary N) is 1. The van der Waals surface area contributed by atoms with Gasteiger partial charge in [0.1, 0.15) is 5.03 Å². The van der Waals surface area contributed by atoms with E-state index >= 15 is 0 Å². The highest BCUT2D eigenvalue weighted by Gasteiger charge is 2.12. The minimum atomic E-state index is 0.740. The SMILES string of the molecule is CCCCSc1nc2sccn2c1CNCCOC. The first kappa shape index (κ1) is 14.8. The van der Waals surface area contributed by atoms with Gasteiger partial charge in [-0.05, 0) is 12.2 Å². The molecule has 0 amide bonds. The topological polar surface area (TPSA) is 38.6 Å². The highest BCUT2D eigenvalue weighted by molar-refractivity contribution is 7.99. The normalized spacial score (nSPS) is 11.5. The molecule has 0 saturated carbocycles. The highest BCUT2D eigenvalue weighted by Crippen LogP contribution is 2.26. The number of fused-ring (bicyclic) bond motifs is 1. The number of methoxy groups -OCH3 is 1. The van der Waals surface area contributed by atoms with E-state index in [1.165, 1.54) is 23.6 Å². The number of hydrogen-bond acceptors (Lipinski definition) is 5. The zero-order valence-electron chi connectivity index (χ0n) is 11.5. The summed E-state index contributed by atoms with van der Waals surface area (Å²) < 4.78 is 7.25. The van der Waals surface area contributed by atoms with Crippen molar-refractivity contribution in [1.29, 1.82) is 0 Å². The number of aromatic nitrogens is 2. The number of thioether (sulfide) groups is 1. The van der Waals surface area contributed by atoms with E-state index in [2.05, 4.69) is 28.2 Å². The number of ether oxygens (including phenoxy) is 1. The van der Waals surface area contributed by atoms with Gasteiger partial charge in [0.05, 0.1) is 12.3 Å². The molecule has 0 aliphatic carbocycles. The highest BCUT2D eigenvalue weighted by atomic mass is 32.2. The third-order valence-electron chi connectivity index (χ3n) is 2.84. The minimum absolute atomic E-state index is 0.740. The maximum Gasteiger partial charge on any atom is 0.194 e. The first-order valence-corrected chi connectivity index (χ1v) is 8.50. The molecular weight excluding hydrogens is 278 g/mol. The van der Waals surface area contributed by atoms with Crippen LogP contribution in [0, 0.1) is 0 Å². The fourth-order valence-corrected chi connectivity index (χ4v) is 3.69. The molecule has 2 rings (SSSR count). The third-order valence-corrected chi connectivity index (χ3v) is 4.69. The molecule has 0 saturated heterocycles. The van der Waals surface area contributed by atoms with Crippen molar-refractivity contribution in [2.45, 2.75) is 31.3 Å². The third kappa shape index (κ3) is 3.95. The fourth-order valence-electron chi connectivity index (χ4n) is 1.78. The lowest BCUT2D eigenvalue weighted by atomic mass is 10.4. The molecule has 2 aromatic rings. The van der Waals surface area contributed by atoms with Gasteiger partial charge in [0.2, 0.25) is 0 Å². The van der Waals surface area contributed by atoms with Gasteiger partial charge in [0.25, 0.3) is 0 Å². The Morgan fingerprint density at radius 3 is 3.21 bits per heavy atom. The van der Waals surface area contributed by atoms with Crippen molar-refractivity contribution >= 4 is 28.1 Å². The summed E-state index contributed by atoms with van der Waals surface area (Å²) in [6.07, 6.45) is 4.58. The lowest BCUT2D eigenvalue weighted by Gasteiger charge is -2.06. The van der Waals surface area contributed by atoms with Gasteiger partial charge in [-0.25, -0.2) is 4.98 Å². The molecule has 106 valence electrons. The zero-order chi connectivity index (χ0) is 13.5. The maximum absolute atomic E-state index is 5.06. The van der Waals surface area contributed by atoms with E-state index in [1.54, 1.807) is 18.4 Å². The van der Waals surface area contributed by atoms with Crippen LogP contribution in [0.1, 0.15) is 25.5 Å². The minimum Gasteiger partial charge on any atom is -0.383 e. The quantitative estimate of drug-likeness (QED) is 0.570. The first-order valence-electron chi connectivity index (χ1n) is 6.63. The summed E-state index contributed by atoms with van der Waals surface area (Å²) in [5.41, 5.74) is 1.27. The van der Waals surface area contributed by atoms with Crippen LogP contribution in [-0.2, 0) is 11.3 Å². The molecule has 0 bridgehead atoms. The molecule has 0 aliphatic rings. The van der Waals surface area contributed by atoms with Crippen LogP contribution in [0.5, 0.6) is 0 Å². The van der Waals surface area contributed by atoms with Crippen molar-refractivity contribution in [3.8, 4) is 0 Å². The van der Waals surface area contributed by atoms with Crippen LogP contribution in [0.3, 0.4) is 0 Å². The molecular formula is C13H21N3OS2. The van der Waals surface area contributed by atoms with Crippen LogP contribution in [0.4, 0.5) is 0 Å². The molecule has 6 heteroatoms. The summed E-state index contributed by atoms with van der Waals surface area (Å²) in [4.78, 5) is 5.80. The largest absolute Gasteiger partial charge is 0.383 e. The summed E-state index contributed by atoms with van der Waals surface area (Å²) in [7, 11) is 1.73. The van der Waals surface area contributed by atoms with Gasteiger partial charge >= 0.3 is 0 Å². The van der Waals surface area contributed by atoms with Gasteiger partial charge in [-0.3, -0.25) is 4.40 Å². The zero-order valence-corrected chi connectivity index (χ0v) is 13.1. The second-order valence-corrected chi connectivity index (χ2v) is 6.25. The average Bonchev–Trinajstić information content (AvgIpc) is 2.97. The van der Waals surface area contributed by atoms with E-state index in [0.717, 1.165) is 30.4 Å². The standard InChI is InChI=1S/C13H21N3OS2/c1-3-4-8-18-12-11(10-14-5-7-17-2)16-6-9-19-13(16)15-12/h6,9,14H,3-5,7-8,10H2,1-2H3. The summed E-state index contributed by atoms with van der Waals surface area (Å²) in [5.74, 6) is 1.15. The number of thiazole rings is 1. The van der Waals surface area contributed by atoms with Gasteiger partial charge in [-0.2, -0.15) is 0 Å². The molecule has 1 N–H and O–H groups in total. The van der Waals surface area contributed by atoms with E-state index in [4.69, 9.17) is 9.72 Å². The van der Waals surface area contributed by atoms with Gasteiger partial charge in [-0.1, -0.05) is 13.3 Å². The van der Waals surface area contributed by atoms with E-state index in [1.807, 2.05) is 11.8 Å². The van der Waals surface area contributed by atoms with Crippen molar-refractivity contribution in [3.05, 3.63) is 17.3 Å². The van der Waals surface area contributed by atoms with Gasteiger partial charge in [0, 0.05) is 31.8 Å². The molecule has 19 heavy (non-hydrogen) atoms. The van der Waals surface area contributed by atoms with Crippen LogP contribution in [0.25, 0.3) is 4.96 Å². The molecule has 0 unspecified atom stereocenters. The lowest BCUT2D eigenvalue weighted by molar-refractivity contribution is 0.199. The summed E-state index contributed by atoms with van der Waals surface area (Å²) in [6.45, 7) is 4.67. The number of nitrogens with zero attached hydrogens (tertiary/aromatic N) is 2. The van der Waals surface area contributed by atoms with Gasteiger partial charge < -0.3 is 10.1 Å². The van der Waals surface area contributed by atoms with Gasteiger partial charge in [-0.15, -0.1) is 23.1 Å². The molecule has 0 atom stereocenters. The molecule has 0 aliphatic heterocycles. The Morgan fingerprint density at radius 2 is 2.42 bits per heavy atom. The summed E-state index contributed by atoms with van der Waals surface area (Å²) in [6, 6.07) is 0. The van der Waals surface area contributed by atoms with Crippen molar-refractivity contribution in [2.24, 2.45) is 0 Å². The molecule has 0 radical (unpaired) electrons. The van der Waals surface area contributed by atoms with Crippen LogP contribution in [0.15, 0.2) is 16.6 Å². The van der Waals surface area contributed by atoms with Gasteiger partial charge in [0.15, 0.2) is 4.96 Å². The number of unbranched alkanes of at least 4 members (excludes halogenated alkanes) is 1. The van der Waals surface area contributed by atoms with Crippen LogP contribution >= 0.6 is 23.1 Å². The van der Waals surface area contributed by atoms with Crippen molar-refractivity contribution < 1.29 is 4.74 Å². The Bertz CT molecular complexity index is 495. The monoisotopic (exact) mass is 299 g/mol. The summed E-state index contributed by atoms with van der Waals surface area (Å²) >= 11 is 3.56. The Kier molecular flexibility index (Phi) is 6.16. The predicted octanol–water partition coefficient (Wildman–Crippen LogP) is 3.02. The smallest absolute Gasteiger partial charge is 0.194 e. The van der Waals surface area contributed by atoms with E-state index in [9.17, 15) is 0 Å². The van der Waals surface area contributed by atoms with Crippen molar-refractivity contribution in [2.75, 3.05) is 26.0 Å². The molecule has 0 aromatic carbocycles. The Labute approximate surface area is 122 Å². The fraction of sp³-hybridized carbons (Fsp3) is 0.615. The van der Waals surface area contributed by atoms with Crippen molar-refractivity contribution in [1.82, 2.24) is 14.7 Å². The van der Waals surface area contributed by atoms with E-state index in [-0.39, 0.29) is 0 Å². The number of imidazole rings is 1. The van der Waals surface area contributed by atoms with Crippen LogP contribution in [-0.4, -0.2) is 35.4 Å².